The number of sulfone groups is 1. The van der Waals surface area contributed by atoms with E-state index in [1.165, 1.54) is 6.26 Å². The van der Waals surface area contributed by atoms with Crippen molar-refractivity contribution in [2.75, 3.05) is 45.9 Å². The van der Waals surface area contributed by atoms with E-state index in [4.69, 9.17) is 4.74 Å². The van der Waals surface area contributed by atoms with E-state index in [0.717, 1.165) is 13.0 Å². The van der Waals surface area contributed by atoms with Gasteiger partial charge >= 0.3 is 0 Å². The fourth-order valence-corrected chi connectivity index (χ4v) is 1.47. The van der Waals surface area contributed by atoms with Crippen LogP contribution in [0.2, 0.25) is 0 Å². The summed E-state index contributed by atoms with van der Waals surface area (Å²) in [6.45, 7) is 1.79. The Hall–Kier alpha value is -0.0900. The second-order valence-electron chi connectivity index (χ2n) is 3.40. The third kappa shape index (κ3) is 13.8. The lowest BCUT2D eigenvalue weighted by atomic mass is 10.4. The zero-order valence-electron chi connectivity index (χ0n) is 10.5. The molecule has 104 valence electrons. The highest BCUT2D eigenvalue weighted by atomic mass is 127. The molecule has 0 saturated heterocycles. The Balaban J connectivity index is 0. The monoisotopic (exact) mass is 379 g/mol. The van der Waals surface area contributed by atoms with Crippen molar-refractivity contribution < 1.29 is 13.2 Å². The standard InChI is InChI=1S/C9H21N3O3S.HI/c1-10-9(11-5-4-7-15-2)12-6-8-16(3,13)14;/h4-8H2,1-3H3,(H2,10,11,12);1H. The SMILES string of the molecule is CN=C(NCCCOC)NCCS(C)(=O)=O.I. The van der Waals surface area contributed by atoms with Gasteiger partial charge < -0.3 is 15.4 Å². The molecule has 0 unspecified atom stereocenters. The molecule has 0 amide bonds. The van der Waals surface area contributed by atoms with Crippen LogP contribution in [0.25, 0.3) is 0 Å². The smallest absolute Gasteiger partial charge is 0.191 e. The van der Waals surface area contributed by atoms with Crippen LogP contribution in [0.3, 0.4) is 0 Å². The number of methoxy groups -OCH3 is 1. The van der Waals surface area contributed by atoms with Crippen molar-refractivity contribution in [1.82, 2.24) is 10.6 Å². The number of nitrogens with one attached hydrogen (secondary N) is 2. The largest absolute Gasteiger partial charge is 0.385 e. The van der Waals surface area contributed by atoms with Gasteiger partial charge in [-0.25, -0.2) is 8.42 Å². The summed E-state index contributed by atoms with van der Waals surface area (Å²) >= 11 is 0. The van der Waals surface area contributed by atoms with Crippen molar-refractivity contribution in [3.8, 4) is 0 Å². The molecule has 0 radical (unpaired) electrons. The minimum atomic E-state index is -2.92. The number of halogens is 1. The number of nitrogens with zero attached hydrogens (tertiary/aromatic N) is 1. The Labute approximate surface area is 121 Å². The molecule has 0 aliphatic rings. The first-order chi connectivity index (χ1) is 7.49. The third-order valence-electron chi connectivity index (χ3n) is 1.81. The Morgan fingerprint density at radius 3 is 2.35 bits per heavy atom. The molecule has 0 aliphatic carbocycles. The van der Waals surface area contributed by atoms with Crippen molar-refractivity contribution in [2.24, 2.45) is 4.99 Å². The number of hydrogen-bond donors (Lipinski definition) is 2. The molecule has 2 N–H and O–H groups in total. The van der Waals surface area contributed by atoms with Gasteiger partial charge in [0.15, 0.2) is 5.96 Å². The summed E-state index contributed by atoms with van der Waals surface area (Å²) in [7, 11) is 0.374. The first kappa shape index (κ1) is 19.3. The lowest BCUT2D eigenvalue weighted by Gasteiger charge is -2.10. The first-order valence-electron chi connectivity index (χ1n) is 5.11. The summed E-state index contributed by atoms with van der Waals surface area (Å²) in [6.07, 6.45) is 2.09. The Morgan fingerprint density at radius 1 is 1.29 bits per heavy atom. The van der Waals surface area contributed by atoms with Gasteiger partial charge in [-0.3, -0.25) is 4.99 Å². The third-order valence-corrected chi connectivity index (χ3v) is 2.75. The molecule has 0 rings (SSSR count). The number of rotatable bonds is 7. The highest BCUT2D eigenvalue weighted by molar-refractivity contribution is 14.0. The number of hydrogen-bond acceptors (Lipinski definition) is 4. The van der Waals surface area contributed by atoms with Gasteiger partial charge in [-0.05, 0) is 6.42 Å². The minimum Gasteiger partial charge on any atom is -0.385 e. The predicted molar refractivity (Wildman–Crippen MR) is 81.0 cm³/mol. The summed E-state index contributed by atoms with van der Waals surface area (Å²) in [5.74, 6) is 0.714. The molecule has 0 bridgehead atoms. The van der Waals surface area contributed by atoms with Gasteiger partial charge in [0, 0.05) is 40.1 Å². The summed E-state index contributed by atoms with van der Waals surface area (Å²) in [6, 6.07) is 0. The lowest BCUT2D eigenvalue weighted by Crippen LogP contribution is -2.40. The molecule has 17 heavy (non-hydrogen) atoms. The van der Waals surface area contributed by atoms with E-state index in [2.05, 4.69) is 15.6 Å². The summed E-state index contributed by atoms with van der Waals surface area (Å²) < 4.78 is 26.7. The fraction of sp³-hybridized carbons (Fsp3) is 0.889. The van der Waals surface area contributed by atoms with Gasteiger partial charge in [0.1, 0.15) is 9.84 Å². The van der Waals surface area contributed by atoms with Crippen molar-refractivity contribution in [2.45, 2.75) is 6.42 Å². The summed E-state index contributed by atoms with van der Waals surface area (Å²) in [5.41, 5.74) is 0. The molecule has 0 saturated carbocycles. The highest BCUT2D eigenvalue weighted by Crippen LogP contribution is 1.81. The van der Waals surface area contributed by atoms with Gasteiger partial charge in [-0.15, -0.1) is 24.0 Å². The summed E-state index contributed by atoms with van der Waals surface area (Å²) in [4.78, 5) is 3.96. The number of ether oxygens (including phenoxy) is 1. The van der Waals surface area contributed by atoms with Crippen LogP contribution < -0.4 is 10.6 Å². The summed E-state index contributed by atoms with van der Waals surface area (Å²) in [5, 5.41) is 5.98. The van der Waals surface area contributed by atoms with E-state index in [-0.39, 0.29) is 29.7 Å². The second kappa shape index (κ2) is 11.0. The molecule has 0 aromatic rings. The van der Waals surface area contributed by atoms with E-state index in [1.807, 2.05) is 0 Å². The van der Waals surface area contributed by atoms with Crippen molar-refractivity contribution in [3.05, 3.63) is 0 Å². The van der Waals surface area contributed by atoms with Crippen LogP contribution in [-0.2, 0) is 14.6 Å². The topological polar surface area (TPSA) is 79.8 Å². The average molecular weight is 379 g/mol. The van der Waals surface area contributed by atoms with Crippen molar-refractivity contribution >= 4 is 39.8 Å². The molecule has 0 aliphatic heterocycles. The lowest BCUT2D eigenvalue weighted by molar-refractivity contribution is 0.195. The van der Waals surface area contributed by atoms with E-state index in [0.29, 0.717) is 19.1 Å². The molecule has 0 spiro atoms. The zero-order valence-corrected chi connectivity index (χ0v) is 13.7. The second-order valence-corrected chi connectivity index (χ2v) is 5.66. The predicted octanol–water partition coefficient (Wildman–Crippen LogP) is -0.150. The Morgan fingerprint density at radius 2 is 1.88 bits per heavy atom. The van der Waals surface area contributed by atoms with E-state index in [9.17, 15) is 8.42 Å². The van der Waals surface area contributed by atoms with Crippen LogP contribution in [0.5, 0.6) is 0 Å². The van der Waals surface area contributed by atoms with Gasteiger partial charge in [0.2, 0.25) is 0 Å². The van der Waals surface area contributed by atoms with Crippen LogP contribution in [0.1, 0.15) is 6.42 Å². The molecule has 0 atom stereocenters. The number of guanidine groups is 1. The normalized spacial score (nSPS) is 11.8. The van der Waals surface area contributed by atoms with Crippen molar-refractivity contribution in [1.29, 1.82) is 0 Å². The van der Waals surface area contributed by atoms with Crippen LogP contribution in [0.15, 0.2) is 4.99 Å². The maximum Gasteiger partial charge on any atom is 0.191 e. The Bertz CT molecular complexity index is 307. The maximum atomic E-state index is 10.9. The van der Waals surface area contributed by atoms with Gasteiger partial charge in [0.25, 0.3) is 0 Å². The molecule has 0 aromatic carbocycles. The van der Waals surface area contributed by atoms with E-state index in [1.54, 1.807) is 14.2 Å². The first-order valence-corrected chi connectivity index (χ1v) is 7.17. The zero-order chi connectivity index (χ0) is 12.4. The number of aliphatic imine (C=N–C) groups is 1. The molecule has 8 heteroatoms. The molecule has 0 fully saturated rings. The molecular formula is C9H22IN3O3S. The van der Waals surface area contributed by atoms with Crippen molar-refractivity contribution in [3.63, 3.8) is 0 Å². The molecule has 6 nitrogen and oxygen atoms in total. The molecule has 0 heterocycles. The molecule has 0 aromatic heterocycles. The van der Waals surface area contributed by atoms with Crippen LogP contribution in [0, 0.1) is 0 Å². The molecular weight excluding hydrogens is 357 g/mol. The van der Waals surface area contributed by atoms with Crippen LogP contribution >= 0.6 is 24.0 Å². The van der Waals surface area contributed by atoms with Gasteiger partial charge in [-0.1, -0.05) is 0 Å². The highest BCUT2D eigenvalue weighted by Gasteiger charge is 2.02. The quantitative estimate of drug-likeness (QED) is 0.278. The van der Waals surface area contributed by atoms with E-state index >= 15 is 0 Å². The fourth-order valence-electron chi connectivity index (χ4n) is 0.999. The van der Waals surface area contributed by atoms with Gasteiger partial charge in [0.05, 0.1) is 5.75 Å². The van der Waals surface area contributed by atoms with E-state index < -0.39 is 9.84 Å². The minimum absolute atomic E-state index is 0. The van der Waals surface area contributed by atoms with Gasteiger partial charge in [-0.2, -0.15) is 0 Å². The maximum absolute atomic E-state index is 10.9. The Kier molecular flexibility index (Phi) is 12.5. The van der Waals surface area contributed by atoms with Crippen LogP contribution in [0.4, 0.5) is 0 Å². The van der Waals surface area contributed by atoms with Crippen LogP contribution in [-0.4, -0.2) is 60.2 Å². The average Bonchev–Trinajstić information content (AvgIpc) is 2.20.